The number of fused-ring (bicyclic) bond motifs is 1. The van der Waals surface area contributed by atoms with Crippen LogP contribution in [0.15, 0.2) is 36.7 Å². The monoisotopic (exact) mass is 256 g/mol. The lowest BCUT2D eigenvalue weighted by molar-refractivity contribution is 0.0951. The van der Waals surface area contributed by atoms with E-state index in [2.05, 4.69) is 32.7 Å². The summed E-state index contributed by atoms with van der Waals surface area (Å²) in [5.41, 5.74) is 1.55. The third kappa shape index (κ3) is 2.59. The quantitative estimate of drug-likeness (QED) is 0.871. The molecule has 0 radical (unpaired) electrons. The minimum Gasteiger partial charge on any atom is -0.376 e. The smallest absolute Gasteiger partial charge is 0.251 e. The van der Waals surface area contributed by atoms with Crippen LogP contribution in [0, 0.1) is 0 Å². The zero-order valence-corrected chi connectivity index (χ0v) is 10.6. The van der Waals surface area contributed by atoms with Gasteiger partial charge in [-0.25, -0.2) is 0 Å². The van der Waals surface area contributed by atoms with Gasteiger partial charge in [-0.15, -0.1) is 0 Å². The van der Waals surface area contributed by atoms with Gasteiger partial charge in [-0.3, -0.25) is 9.89 Å². The molecule has 0 saturated carbocycles. The molecule has 1 aliphatic heterocycles. The molecule has 0 saturated heterocycles. The Kier molecular flexibility index (Phi) is 3.18. The van der Waals surface area contributed by atoms with Gasteiger partial charge >= 0.3 is 0 Å². The Morgan fingerprint density at radius 2 is 2.42 bits per heavy atom. The van der Waals surface area contributed by atoms with Gasteiger partial charge < -0.3 is 10.2 Å². The Labute approximate surface area is 111 Å². The zero-order valence-electron chi connectivity index (χ0n) is 10.6. The van der Waals surface area contributed by atoms with Crippen LogP contribution in [0.5, 0.6) is 0 Å². The molecule has 5 heteroatoms. The summed E-state index contributed by atoms with van der Waals surface area (Å²) in [6.07, 6.45) is 7.08. The van der Waals surface area contributed by atoms with E-state index in [1.54, 1.807) is 6.20 Å². The number of aromatic amines is 1. The van der Waals surface area contributed by atoms with E-state index in [-0.39, 0.29) is 5.91 Å². The topological polar surface area (TPSA) is 61.0 Å². The van der Waals surface area contributed by atoms with Crippen LogP contribution in [0.1, 0.15) is 16.8 Å². The number of carbonyl (C=O) groups is 1. The molecule has 0 aliphatic carbocycles. The lowest BCUT2D eigenvalue weighted by atomic mass is 10.1. The number of rotatable bonds is 4. The fourth-order valence-corrected chi connectivity index (χ4v) is 2.22. The number of nitrogens with zero attached hydrogens (tertiary/aromatic N) is 2. The van der Waals surface area contributed by atoms with Crippen molar-refractivity contribution >= 4 is 16.8 Å². The summed E-state index contributed by atoms with van der Waals surface area (Å²) in [6, 6.07) is 5.55. The molecule has 0 spiro atoms. The van der Waals surface area contributed by atoms with E-state index < -0.39 is 0 Å². The van der Waals surface area contributed by atoms with Crippen molar-refractivity contribution in [2.75, 3.05) is 19.6 Å². The highest BCUT2D eigenvalue weighted by molar-refractivity contribution is 5.97. The fraction of sp³-hybridized carbons (Fsp3) is 0.286. The molecule has 0 unspecified atom stereocenters. The highest BCUT2D eigenvalue weighted by Crippen LogP contribution is 2.12. The van der Waals surface area contributed by atoms with Crippen LogP contribution in [0.4, 0.5) is 0 Å². The fourth-order valence-electron chi connectivity index (χ4n) is 2.22. The van der Waals surface area contributed by atoms with E-state index in [1.807, 2.05) is 18.2 Å². The van der Waals surface area contributed by atoms with Crippen molar-refractivity contribution in [1.82, 2.24) is 20.4 Å². The lowest BCUT2D eigenvalue weighted by Gasteiger charge is -2.15. The number of benzene rings is 1. The van der Waals surface area contributed by atoms with E-state index >= 15 is 0 Å². The average Bonchev–Trinajstić information content (AvgIpc) is 3.08. The van der Waals surface area contributed by atoms with Crippen molar-refractivity contribution in [3.63, 3.8) is 0 Å². The Hall–Kier alpha value is -2.30. The van der Waals surface area contributed by atoms with Gasteiger partial charge in [0, 0.05) is 30.6 Å². The molecule has 1 amide bonds. The van der Waals surface area contributed by atoms with Gasteiger partial charge in [0.2, 0.25) is 0 Å². The molecule has 1 aliphatic rings. The minimum absolute atomic E-state index is 0.0420. The van der Waals surface area contributed by atoms with Crippen molar-refractivity contribution in [3.05, 3.63) is 42.2 Å². The van der Waals surface area contributed by atoms with Crippen LogP contribution >= 0.6 is 0 Å². The number of nitrogens with one attached hydrogen (secondary N) is 2. The Morgan fingerprint density at radius 3 is 3.26 bits per heavy atom. The first-order valence-electron chi connectivity index (χ1n) is 6.45. The van der Waals surface area contributed by atoms with Crippen LogP contribution < -0.4 is 5.32 Å². The van der Waals surface area contributed by atoms with Crippen LogP contribution in [-0.2, 0) is 0 Å². The number of amides is 1. The summed E-state index contributed by atoms with van der Waals surface area (Å²) in [4.78, 5) is 14.2. The van der Waals surface area contributed by atoms with Gasteiger partial charge in [-0.05, 0) is 24.8 Å². The molecule has 2 aromatic rings. The van der Waals surface area contributed by atoms with E-state index in [0.717, 1.165) is 30.4 Å². The van der Waals surface area contributed by atoms with Crippen LogP contribution in [0.2, 0.25) is 0 Å². The molecule has 5 nitrogen and oxygen atoms in total. The Morgan fingerprint density at radius 1 is 1.47 bits per heavy atom. The van der Waals surface area contributed by atoms with E-state index in [0.29, 0.717) is 12.1 Å². The molecular weight excluding hydrogens is 240 g/mol. The third-order valence-electron chi connectivity index (χ3n) is 3.29. The predicted molar refractivity (Wildman–Crippen MR) is 73.8 cm³/mol. The van der Waals surface area contributed by atoms with Gasteiger partial charge in [-0.1, -0.05) is 12.1 Å². The first-order chi connectivity index (χ1) is 9.33. The van der Waals surface area contributed by atoms with Crippen molar-refractivity contribution in [2.45, 2.75) is 6.42 Å². The maximum Gasteiger partial charge on any atom is 0.251 e. The first-order valence-corrected chi connectivity index (χ1v) is 6.45. The summed E-state index contributed by atoms with van der Waals surface area (Å²) in [6.45, 7) is 2.56. The van der Waals surface area contributed by atoms with Gasteiger partial charge in [-0.2, -0.15) is 5.10 Å². The highest BCUT2D eigenvalue weighted by atomic mass is 16.1. The van der Waals surface area contributed by atoms with E-state index in [1.165, 1.54) is 0 Å². The molecule has 1 aromatic heterocycles. The van der Waals surface area contributed by atoms with Gasteiger partial charge in [0.15, 0.2) is 0 Å². The second kappa shape index (κ2) is 5.14. The second-order valence-electron chi connectivity index (χ2n) is 4.64. The molecule has 19 heavy (non-hydrogen) atoms. The number of H-pyrrole nitrogens is 1. The molecule has 98 valence electrons. The normalized spacial score (nSPS) is 14.2. The number of carbonyl (C=O) groups excluding carboxylic acids is 1. The highest BCUT2D eigenvalue weighted by Gasteiger charge is 2.08. The maximum atomic E-state index is 12.0. The summed E-state index contributed by atoms with van der Waals surface area (Å²) in [7, 11) is 0. The summed E-state index contributed by atoms with van der Waals surface area (Å²) < 4.78 is 0. The number of hydrogen-bond acceptors (Lipinski definition) is 3. The molecule has 0 bridgehead atoms. The Bertz CT molecular complexity index is 617. The predicted octanol–water partition coefficient (Wildman–Crippen LogP) is 1.51. The summed E-state index contributed by atoms with van der Waals surface area (Å²) in [5, 5.41) is 10.8. The van der Waals surface area contributed by atoms with Gasteiger partial charge in [0.25, 0.3) is 5.91 Å². The standard InChI is InChI=1S/C14H16N4O/c19-14(15-5-8-18-6-1-2-7-18)11-3-4-12-10-16-17-13(12)9-11/h1,3-4,6,9-10H,2,5,7-8H2,(H,15,19)(H,16,17). The average molecular weight is 256 g/mol. The van der Waals surface area contributed by atoms with Gasteiger partial charge in [0.05, 0.1) is 11.7 Å². The molecule has 3 rings (SSSR count). The van der Waals surface area contributed by atoms with Gasteiger partial charge in [0.1, 0.15) is 0 Å². The Balaban J connectivity index is 1.58. The van der Waals surface area contributed by atoms with Crippen molar-refractivity contribution in [2.24, 2.45) is 0 Å². The molecular formula is C14H16N4O. The molecule has 0 fully saturated rings. The first kappa shape index (κ1) is 11.8. The molecule has 2 heterocycles. The summed E-state index contributed by atoms with van der Waals surface area (Å²) in [5.74, 6) is -0.0420. The molecule has 2 N–H and O–H groups in total. The number of hydrogen-bond donors (Lipinski definition) is 2. The third-order valence-corrected chi connectivity index (χ3v) is 3.29. The molecule has 0 atom stereocenters. The largest absolute Gasteiger partial charge is 0.376 e. The maximum absolute atomic E-state index is 12.0. The van der Waals surface area contributed by atoms with E-state index in [9.17, 15) is 4.79 Å². The second-order valence-corrected chi connectivity index (χ2v) is 4.64. The minimum atomic E-state index is -0.0420. The summed E-state index contributed by atoms with van der Waals surface area (Å²) >= 11 is 0. The van der Waals surface area contributed by atoms with E-state index in [4.69, 9.17) is 0 Å². The molecule has 1 aromatic carbocycles. The van der Waals surface area contributed by atoms with Crippen LogP contribution in [0.25, 0.3) is 10.9 Å². The SMILES string of the molecule is O=C(NCCN1C=CCC1)c1ccc2cn[nH]c2c1. The van der Waals surface area contributed by atoms with Crippen LogP contribution in [0.3, 0.4) is 0 Å². The number of aromatic nitrogens is 2. The van der Waals surface area contributed by atoms with Crippen molar-refractivity contribution < 1.29 is 4.79 Å². The lowest BCUT2D eigenvalue weighted by Crippen LogP contribution is -2.31. The van der Waals surface area contributed by atoms with Crippen molar-refractivity contribution in [1.29, 1.82) is 0 Å². The zero-order chi connectivity index (χ0) is 13.1. The van der Waals surface area contributed by atoms with Crippen LogP contribution in [-0.4, -0.2) is 40.6 Å². The van der Waals surface area contributed by atoms with Crippen molar-refractivity contribution in [3.8, 4) is 0 Å².